The molecule has 0 aliphatic heterocycles. The highest BCUT2D eigenvalue weighted by Gasteiger charge is 2.11. The highest BCUT2D eigenvalue weighted by molar-refractivity contribution is 5.98. The first-order valence-corrected chi connectivity index (χ1v) is 5.56. The molecule has 0 aliphatic rings. The number of pyridine rings is 1. The largest absolute Gasteiger partial charge is 0.397 e. The van der Waals surface area contributed by atoms with E-state index in [1.807, 2.05) is 6.92 Å². The quantitative estimate of drug-likeness (QED) is 0.620. The van der Waals surface area contributed by atoms with Gasteiger partial charge in [0.05, 0.1) is 30.2 Å². The van der Waals surface area contributed by atoms with Gasteiger partial charge < -0.3 is 21.5 Å². The fraction of sp³-hybridized carbons (Fsp3) is 0.333. The molecule has 98 valence electrons. The van der Waals surface area contributed by atoms with Gasteiger partial charge in [-0.1, -0.05) is 6.08 Å². The average Bonchev–Trinajstić information content (AvgIpc) is 2.34. The van der Waals surface area contributed by atoms with Gasteiger partial charge in [-0.05, 0) is 13.0 Å². The number of nitrogens with one attached hydrogen (secondary N) is 1. The van der Waals surface area contributed by atoms with E-state index < -0.39 is 5.91 Å². The molecule has 0 bridgehead atoms. The van der Waals surface area contributed by atoms with E-state index in [0.717, 1.165) is 0 Å². The standard InChI is InChI=1S/C12H18N4O2/c1-3-4-18-8(2)6-15-12-10(11(14)17)5-9(13)7-16-12/h3,5,7-8H,1,4,6,13H2,2H3,(H2,14,17)(H,15,16). The van der Waals surface area contributed by atoms with Crippen molar-refractivity contribution >= 4 is 17.4 Å². The van der Waals surface area contributed by atoms with Crippen molar-refractivity contribution in [3.63, 3.8) is 0 Å². The Hall–Kier alpha value is -2.08. The van der Waals surface area contributed by atoms with E-state index in [0.29, 0.717) is 24.7 Å². The molecule has 1 aromatic rings. The number of rotatable bonds is 7. The Morgan fingerprint density at radius 1 is 1.72 bits per heavy atom. The van der Waals surface area contributed by atoms with E-state index in [4.69, 9.17) is 16.2 Å². The van der Waals surface area contributed by atoms with Gasteiger partial charge in [-0.2, -0.15) is 0 Å². The maximum absolute atomic E-state index is 11.2. The first-order valence-electron chi connectivity index (χ1n) is 5.56. The Morgan fingerprint density at radius 3 is 3.06 bits per heavy atom. The third-order valence-corrected chi connectivity index (χ3v) is 2.23. The second-order valence-electron chi connectivity index (χ2n) is 3.84. The van der Waals surface area contributed by atoms with Crippen LogP contribution in [0.15, 0.2) is 24.9 Å². The number of aromatic nitrogens is 1. The molecule has 1 unspecified atom stereocenters. The van der Waals surface area contributed by atoms with Crippen molar-refractivity contribution in [3.05, 3.63) is 30.5 Å². The molecule has 6 heteroatoms. The summed E-state index contributed by atoms with van der Waals surface area (Å²) in [7, 11) is 0. The Kier molecular flexibility index (Phi) is 5.13. The number of nitrogens with zero attached hydrogens (tertiary/aromatic N) is 1. The van der Waals surface area contributed by atoms with Gasteiger partial charge in [0.1, 0.15) is 5.82 Å². The Labute approximate surface area is 106 Å². The number of hydrogen-bond donors (Lipinski definition) is 3. The summed E-state index contributed by atoms with van der Waals surface area (Å²) in [6, 6.07) is 1.49. The van der Waals surface area contributed by atoms with Crippen molar-refractivity contribution in [2.45, 2.75) is 13.0 Å². The normalized spacial score (nSPS) is 11.8. The van der Waals surface area contributed by atoms with Gasteiger partial charge >= 0.3 is 0 Å². The van der Waals surface area contributed by atoms with Crippen LogP contribution < -0.4 is 16.8 Å². The van der Waals surface area contributed by atoms with Crippen molar-refractivity contribution in [2.75, 3.05) is 24.2 Å². The van der Waals surface area contributed by atoms with Gasteiger partial charge in [0.25, 0.3) is 5.91 Å². The van der Waals surface area contributed by atoms with Crippen LogP contribution in [0.25, 0.3) is 0 Å². The maximum Gasteiger partial charge on any atom is 0.252 e. The van der Waals surface area contributed by atoms with Crippen molar-refractivity contribution < 1.29 is 9.53 Å². The van der Waals surface area contributed by atoms with Crippen molar-refractivity contribution in [3.8, 4) is 0 Å². The van der Waals surface area contributed by atoms with E-state index >= 15 is 0 Å². The molecule has 0 spiro atoms. The van der Waals surface area contributed by atoms with Crippen LogP contribution in [0.2, 0.25) is 0 Å². The summed E-state index contributed by atoms with van der Waals surface area (Å²) in [5.74, 6) is -0.164. The highest BCUT2D eigenvalue weighted by Crippen LogP contribution is 2.14. The van der Waals surface area contributed by atoms with Crippen LogP contribution in [0.3, 0.4) is 0 Å². The summed E-state index contributed by atoms with van der Waals surface area (Å²) < 4.78 is 5.39. The van der Waals surface area contributed by atoms with Crippen molar-refractivity contribution in [1.29, 1.82) is 0 Å². The number of carbonyl (C=O) groups excluding carboxylic acids is 1. The number of ether oxygens (including phenoxy) is 1. The van der Waals surface area contributed by atoms with Gasteiger partial charge in [-0.25, -0.2) is 4.98 Å². The zero-order chi connectivity index (χ0) is 13.5. The minimum absolute atomic E-state index is 0.0388. The van der Waals surface area contributed by atoms with E-state index in [1.165, 1.54) is 12.3 Å². The molecule has 1 atom stereocenters. The summed E-state index contributed by atoms with van der Waals surface area (Å²) in [6.07, 6.45) is 3.10. The molecule has 0 aliphatic carbocycles. The van der Waals surface area contributed by atoms with Gasteiger partial charge in [0, 0.05) is 6.54 Å². The summed E-state index contributed by atoms with van der Waals surface area (Å²) in [6.45, 7) is 6.44. The molecule has 1 amide bonds. The summed E-state index contributed by atoms with van der Waals surface area (Å²) in [5, 5.41) is 3.00. The molecular formula is C12H18N4O2. The predicted octanol–water partition coefficient (Wildman–Crippen LogP) is 0.766. The molecule has 1 heterocycles. The minimum atomic E-state index is -0.572. The zero-order valence-electron chi connectivity index (χ0n) is 10.3. The van der Waals surface area contributed by atoms with E-state index in [2.05, 4.69) is 16.9 Å². The lowest BCUT2D eigenvalue weighted by molar-refractivity contribution is 0.0973. The van der Waals surface area contributed by atoms with E-state index in [9.17, 15) is 4.79 Å². The maximum atomic E-state index is 11.2. The molecule has 0 saturated carbocycles. The molecular weight excluding hydrogens is 232 g/mol. The first-order chi connectivity index (χ1) is 8.54. The van der Waals surface area contributed by atoms with Gasteiger partial charge in [0.15, 0.2) is 0 Å². The fourth-order valence-corrected chi connectivity index (χ4v) is 1.34. The molecule has 0 aromatic carbocycles. The fourth-order valence-electron chi connectivity index (χ4n) is 1.34. The zero-order valence-corrected chi connectivity index (χ0v) is 10.3. The molecule has 0 saturated heterocycles. The van der Waals surface area contributed by atoms with Crippen molar-refractivity contribution in [2.24, 2.45) is 5.73 Å². The monoisotopic (exact) mass is 250 g/mol. The third kappa shape index (κ3) is 4.06. The lowest BCUT2D eigenvalue weighted by atomic mass is 10.2. The van der Waals surface area contributed by atoms with Gasteiger partial charge in [-0.3, -0.25) is 4.79 Å². The van der Waals surface area contributed by atoms with Crippen LogP contribution in [0.4, 0.5) is 11.5 Å². The van der Waals surface area contributed by atoms with E-state index in [-0.39, 0.29) is 11.7 Å². The third-order valence-electron chi connectivity index (χ3n) is 2.23. The van der Waals surface area contributed by atoms with Crippen molar-refractivity contribution in [1.82, 2.24) is 4.98 Å². The SMILES string of the molecule is C=CCOC(C)CNc1ncc(N)cc1C(N)=O. The van der Waals surface area contributed by atoms with Gasteiger partial charge in [-0.15, -0.1) is 6.58 Å². The Balaban J connectivity index is 2.66. The molecule has 0 fully saturated rings. The van der Waals surface area contributed by atoms with Crippen LogP contribution in [0.1, 0.15) is 17.3 Å². The Bertz CT molecular complexity index is 434. The number of anilines is 2. The van der Waals surface area contributed by atoms with E-state index in [1.54, 1.807) is 6.08 Å². The second-order valence-corrected chi connectivity index (χ2v) is 3.84. The lowest BCUT2D eigenvalue weighted by Crippen LogP contribution is -2.23. The molecule has 0 radical (unpaired) electrons. The topological polar surface area (TPSA) is 103 Å². The second kappa shape index (κ2) is 6.61. The number of hydrogen-bond acceptors (Lipinski definition) is 5. The van der Waals surface area contributed by atoms with Crippen LogP contribution >= 0.6 is 0 Å². The summed E-state index contributed by atoms with van der Waals surface area (Å²) in [5.41, 5.74) is 11.5. The average molecular weight is 250 g/mol. The molecule has 1 rings (SSSR count). The first kappa shape index (κ1) is 14.0. The number of carbonyl (C=O) groups is 1. The van der Waals surface area contributed by atoms with Crippen LogP contribution in [0.5, 0.6) is 0 Å². The van der Waals surface area contributed by atoms with Crippen LogP contribution in [-0.2, 0) is 4.74 Å². The summed E-state index contributed by atoms with van der Waals surface area (Å²) in [4.78, 5) is 15.3. The van der Waals surface area contributed by atoms with Crippen LogP contribution in [-0.4, -0.2) is 30.1 Å². The molecule has 18 heavy (non-hydrogen) atoms. The molecule has 6 nitrogen and oxygen atoms in total. The minimum Gasteiger partial charge on any atom is -0.397 e. The predicted molar refractivity (Wildman–Crippen MR) is 71.3 cm³/mol. The summed E-state index contributed by atoms with van der Waals surface area (Å²) >= 11 is 0. The number of amides is 1. The number of primary amides is 1. The Morgan fingerprint density at radius 2 is 2.44 bits per heavy atom. The smallest absolute Gasteiger partial charge is 0.252 e. The molecule has 5 N–H and O–H groups in total. The molecule has 1 aromatic heterocycles. The number of nitrogens with two attached hydrogens (primary N) is 2. The van der Waals surface area contributed by atoms with Gasteiger partial charge in [0.2, 0.25) is 0 Å². The van der Waals surface area contributed by atoms with Crippen LogP contribution in [0, 0.1) is 0 Å². The number of nitrogen functional groups attached to an aromatic ring is 1. The lowest BCUT2D eigenvalue weighted by Gasteiger charge is -2.14. The highest BCUT2D eigenvalue weighted by atomic mass is 16.5.